The molecule has 5 nitrogen and oxygen atoms in total. The van der Waals surface area contributed by atoms with Gasteiger partial charge in [-0.1, -0.05) is 49.4 Å². The average Bonchev–Trinajstić information content (AvgIpc) is 2.67. The molecule has 1 aliphatic rings. The van der Waals surface area contributed by atoms with Crippen molar-refractivity contribution >= 4 is 11.8 Å². The minimum Gasteiger partial charge on any atom is -0.435 e. The Hall–Kier alpha value is -2.47. The minimum absolute atomic E-state index is 0.0892. The van der Waals surface area contributed by atoms with E-state index in [1.807, 2.05) is 54.8 Å². The summed E-state index contributed by atoms with van der Waals surface area (Å²) in [7, 11) is 0. The molecule has 0 spiro atoms. The molecule has 1 unspecified atom stereocenters. The first-order valence-electron chi connectivity index (χ1n) is 8.63. The van der Waals surface area contributed by atoms with Gasteiger partial charge in [0.1, 0.15) is 11.0 Å². The predicted molar refractivity (Wildman–Crippen MR) is 105 cm³/mol. The van der Waals surface area contributed by atoms with Gasteiger partial charge >= 0.3 is 5.70 Å². The molecular weight excluding hydrogens is 348 g/mol. The van der Waals surface area contributed by atoms with Gasteiger partial charge in [0, 0.05) is 12.1 Å². The maximum atomic E-state index is 11.7. The molecule has 3 rings (SSSR count). The number of fused-ring (bicyclic) bond motifs is 1. The molecular formula is C20H22N2O3S. The highest BCUT2D eigenvalue weighted by Gasteiger charge is 2.38. The number of nitrogens with zero attached hydrogens (tertiary/aromatic N) is 1. The van der Waals surface area contributed by atoms with Gasteiger partial charge in [0.2, 0.25) is 0 Å². The molecule has 0 aromatic heterocycles. The van der Waals surface area contributed by atoms with Crippen molar-refractivity contribution in [1.29, 1.82) is 0 Å². The van der Waals surface area contributed by atoms with Crippen molar-refractivity contribution in [2.75, 3.05) is 12.8 Å². The summed E-state index contributed by atoms with van der Waals surface area (Å²) < 4.78 is 5.89. The number of hydrogen-bond acceptors (Lipinski definition) is 5. The number of thioether (sulfide) groups is 1. The van der Waals surface area contributed by atoms with E-state index < -0.39 is 0 Å². The van der Waals surface area contributed by atoms with E-state index in [-0.39, 0.29) is 21.8 Å². The predicted octanol–water partition coefficient (Wildman–Crippen LogP) is 4.32. The van der Waals surface area contributed by atoms with Crippen molar-refractivity contribution in [3.8, 4) is 5.75 Å². The van der Waals surface area contributed by atoms with Gasteiger partial charge in [-0.3, -0.25) is 10.1 Å². The number of rotatable bonds is 7. The number of nitro groups is 1. The quantitative estimate of drug-likeness (QED) is 0.581. The van der Waals surface area contributed by atoms with E-state index in [4.69, 9.17) is 4.74 Å². The van der Waals surface area contributed by atoms with Crippen LogP contribution in [0.5, 0.6) is 5.75 Å². The molecule has 1 atom stereocenters. The molecule has 0 saturated carbocycles. The fourth-order valence-corrected chi connectivity index (χ4v) is 3.91. The summed E-state index contributed by atoms with van der Waals surface area (Å²) >= 11 is 1.46. The third kappa shape index (κ3) is 3.85. The van der Waals surface area contributed by atoms with E-state index in [0.29, 0.717) is 12.3 Å². The van der Waals surface area contributed by atoms with Crippen LogP contribution in [0.4, 0.5) is 0 Å². The standard InChI is InChI=1S/C20H22N2O3S/c1-3-14-9-10-17-16(13-14)19(26-2)18(22(23)24)20(25-17)21-12-11-15-7-5-4-6-8-15/h4-10,13,19,21H,3,11-12H2,1-2H3. The van der Waals surface area contributed by atoms with Crippen LogP contribution in [0.25, 0.3) is 0 Å². The van der Waals surface area contributed by atoms with E-state index in [9.17, 15) is 10.1 Å². The second-order valence-electron chi connectivity index (χ2n) is 6.08. The minimum atomic E-state index is -0.348. The summed E-state index contributed by atoms with van der Waals surface area (Å²) in [6, 6.07) is 16.0. The van der Waals surface area contributed by atoms with Gasteiger partial charge in [-0.25, -0.2) is 0 Å². The third-order valence-corrected chi connectivity index (χ3v) is 5.38. The molecule has 0 aliphatic carbocycles. The Labute approximate surface area is 157 Å². The van der Waals surface area contributed by atoms with E-state index in [2.05, 4.69) is 12.2 Å². The number of hydrogen-bond donors (Lipinski definition) is 1. The Bertz CT molecular complexity index is 821. The van der Waals surface area contributed by atoms with Crippen LogP contribution < -0.4 is 10.1 Å². The van der Waals surface area contributed by atoms with Gasteiger partial charge in [0.25, 0.3) is 5.88 Å². The Kier molecular flexibility index (Phi) is 5.83. The Balaban J connectivity index is 1.85. The zero-order valence-electron chi connectivity index (χ0n) is 14.9. The van der Waals surface area contributed by atoms with Gasteiger partial charge in [-0.2, -0.15) is 0 Å². The molecule has 136 valence electrons. The molecule has 1 heterocycles. The summed E-state index contributed by atoms with van der Waals surface area (Å²) in [5.74, 6) is 0.941. The Morgan fingerprint density at radius 1 is 1.19 bits per heavy atom. The molecule has 2 aromatic carbocycles. The zero-order valence-corrected chi connectivity index (χ0v) is 15.7. The third-order valence-electron chi connectivity index (χ3n) is 4.43. The summed E-state index contributed by atoms with van der Waals surface area (Å²) in [6.07, 6.45) is 3.54. The van der Waals surface area contributed by atoms with Gasteiger partial charge in [0.05, 0.1) is 4.92 Å². The van der Waals surface area contributed by atoms with Gasteiger partial charge < -0.3 is 10.1 Å². The SMILES string of the molecule is CCc1ccc2c(c1)C(SC)C([N+](=O)[O-])=C(NCCc1ccccc1)O2. The molecule has 0 radical (unpaired) electrons. The molecule has 0 fully saturated rings. The normalized spacial score (nSPS) is 16.0. The monoisotopic (exact) mass is 370 g/mol. The van der Waals surface area contributed by atoms with Gasteiger partial charge in [-0.15, -0.1) is 11.8 Å². The lowest BCUT2D eigenvalue weighted by Crippen LogP contribution is -2.29. The van der Waals surface area contributed by atoms with Crippen LogP contribution >= 0.6 is 11.8 Å². The summed E-state index contributed by atoms with van der Waals surface area (Å²) in [6.45, 7) is 2.64. The second-order valence-corrected chi connectivity index (χ2v) is 7.02. The Morgan fingerprint density at radius 2 is 1.96 bits per heavy atom. The highest BCUT2D eigenvalue weighted by atomic mass is 32.2. The lowest BCUT2D eigenvalue weighted by Gasteiger charge is -2.25. The number of aryl methyl sites for hydroxylation is 1. The van der Waals surface area contributed by atoms with Crippen LogP contribution in [0.3, 0.4) is 0 Å². The lowest BCUT2D eigenvalue weighted by atomic mass is 10.0. The van der Waals surface area contributed by atoms with E-state index in [1.54, 1.807) is 0 Å². The lowest BCUT2D eigenvalue weighted by molar-refractivity contribution is -0.431. The van der Waals surface area contributed by atoms with E-state index in [1.165, 1.54) is 17.3 Å². The first kappa shape index (κ1) is 18.3. The van der Waals surface area contributed by atoms with Crippen molar-refractivity contribution in [3.05, 3.63) is 86.9 Å². The molecule has 1 aliphatic heterocycles. The number of nitrogens with one attached hydrogen (secondary N) is 1. The largest absolute Gasteiger partial charge is 0.435 e. The van der Waals surface area contributed by atoms with Crippen LogP contribution in [0.1, 0.15) is 28.9 Å². The summed E-state index contributed by atoms with van der Waals surface area (Å²) in [5.41, 5.74) is 3.28. The summed E-state index contributed by atoms with van der Waals surface area (Å²) in [4.78, 5) is 11.4. The first-order valence-corrected chi connectivity index (χ1v) is 9.92. The van der Waals surface area contributed by atoms with Gasteiger partial charge in [-0.05, 0) is 36.3 Å². The topological polar surface area (TPSA) is 64.4 Å². The fraction of sp³-hybridized carbons (Fsp3) is 0.300. The smallest absolute Gasteiger partial charge is 0.323 e. The Morgan fingerprint density at radius 3 is 2.62 bits per heavy atom. The van der Waals surface area contributed by atoms with Gasteiger partial charge in [0.15, 0.2) is 0 Å². The molecule has 0 bridgehead atoms. The highest BCUT2D eigenvalue weighted by molar-refractivity contribution is 7.99. The molecule has 1 N–H and O–H groups in total. The molecule has 0 amide bonds. The van der Waals surface area contributed by atoms with E-state index >= 15 is 0 Å². The first-order chi connectivity index (χ1) is 12.6. The van der Waals surface area contributed by atoms with E-state index in [0.717, 1.165) is 24.0 Å². The van der Waals surface area contributed by atoms with Crippen molar-refractivity contribution in [3.63, 3.8) is 0 Å². The fourth-order valence-electron chi connectivity index (χ4n) is 3.05. The van der Waals surface area contributed by atoms with Crippen molar-refractivity contribution in [1.82, 2.24) is 5.32 Å². The highest BCUT2D eigenvalue weighted by Crippen LogP contribution is 2.44. The van der Waals surface area contributed by atoms with Crippen LogP contribution in [0.15, 0.2) is 60.1 Å². The van der Waals surface area contributed by atoms with Crippen LogP contribution in [-0.4, -0.2) is 17.7 Å². The maximum Gasteiger partial charge on any atom is 0.323 e. The molecule has 0 saturated heterocycles. The number of ether oxygens (including phenoxy) is 1. The molecule has 6 heteroatoms. The molecule has 2 aromatic rings. The molecule has 26 heavy (non-hydrogen) atoms. The zero-order chi connectivity index (χ0) is 18.5. The van der Waals surface area contributed by atoms with Crippen molar-refractivity contribution in [2.24, 2.45) is 0 Å². The van der Waals surface area contributed by atoms with Crippen molar-refractivity contribution in [2.45, 2.75) is 25.0 Å². The van der Waals surface area contributed by atoms with Crippen LogP contribution in [0.2, 0.25) is 0 Å². The van der Waals surface area contributed by atoms with Crippen molar-refractivity contribution < 1.29 is 9.66 Å². The number of benzene rings is 2. The maximum absolute atomic E-state index is 11.7. The van der Waals surface area contributed by atoms with Crippen LogP contribution in [-0.2, 0) is 12.8 Å². The summed E-state index contributed by atoms with van der Waals surface area (Å²) in [5, 5.41) is 14.5. The van der Waals surface area contributed by atoms with Crippen LogP contribution in [0, 0.1) is 10.1 Å². The average molecular weight is 370 g/mol. The second kappa shape index (κ2) is 8.27.